The summed E-state index contributed by atoms with van der Waals surface area (Å²) in [5.41, 5.74) is 5.97. The molecular weight excluding hydrogens is 388 g/mol. The van der Waals surface area contributed by atoms with Gasteiger partial charge in [-0.05, 0) is 17.7 Å². The van der Waals surface area contributed by atoms with Crippen LogP contribution in [0.1, 0.15) is 5.56 Å². The van der Waals surface area contributed by atoms with Gasteiger partial charge in [-0.2, -0.15) is 0 Å². The van der Waals surface area contributed by atoms with E-state index in [2.05, 4.69) is 10.2 Å². The highest BCUT2D eigenvalue weighted by atomic mass is 32.2. The van der Waals surface area contributed by atoms with Crippen molar-refractivity contribution in [2.24, 2.45) is 5.73 Å². The number of hydrogen-bond acceptors (Lipinski definition) is 8. The van der Waals surface area contributed by atoms with E-state index in [4.69, 9.17) is 5.73 Å². The molecule has 0 spiro atoms. The minimum absolute atomic E-state index is 0.170. The van der Waals surface area contributed by atoms with E-state index in [1.807, 2.05) is 6.07 Å². The van der Waals surface area contributed by atoms with Gasteiger partial charge < -0.3 is 5.73 Å². The number of benzene rings is 1. The van der Waals surface area contributed by atoms with Crippen LogP contribution in [0.25, 0.3) is 0 Å². The summed E-state index contributed by atoms with van der Waals surface area (Å²) < 4.78 is 26.9. The molecule has 0 unspecified atom stereocenters. The molecule has 130 valence electrons. The van der Waals surface area contributed by atoms with Crippen LogP contribution < -0.4 is 5.73 Å². The molecule has 0 saturated heterocycles. The highest BCUT2D eigenvalue weighted by Gasteiger charge is 2.17. The Balaban J connectivity index is 2.01. The van der Waals surface area contributed by atoms with Gasteiger partial charge in [0.25, 0.3) is 0 Å². The maximum Gasteiger partial charge on any atom is 0.242 e. The fourth-order valence-corrected chi connectivity index (χ4v) is 5.27. The summed E-state index contributed by atoms with van der Waals surface area (Å²) in [4.78, 5) is 11.0. The van der Waals surface area contributed by atoms with E-state index in [-0.39, 0.29) is 10.6 Å². The van der Waals surface area contributed by atoms with Crippen molar-refractivity contribution in [2.75, 3.05) is 19.8 Å². The molecule has 24 heavy (non-hydrogen) atoms. The first-order valence-electron chi connectivity index (χ1n) is 6.68. The first kappa shape index (κ1) is 19.2. The number of aromatic nitrogens is 2. The summed E-state index contributed by atoms with van der Waals surface area (Å²) in [6.45, 7) is 0. The average molecular weight is 405 g/mol. The van der Waals surface area contributed by atoms with E-state index in [1.54, 1.807) is 18.2 Å². The normalized spacial score (nSPS) is 11.8. The Morgan fingerprint density at radius 1 is 1.25 bits per heavy atom. The van der Waals surface area contributed by atoms with Gasteiger partial charge in [0, 0.05) is 19.8 Å². The van der Waals surface area contributed by atoms with E-state index in [1.165, 1.54) is 53.3 Å². The average Bonchev–Trinajstić information content (AvgIpc) is 2.99. The number of amides is 1. The van der Waals surface area contributed by atoms with Crippen molar-refractivity contribution in [1.29, 1.82) is 0 Å². The van der Waals surface area contributed by atoms with Crippen LogP contribution in [-0.4, -0.2) is 48.7 Å². The topological polar surface area (TPSA) is 106 Å². The maximum absolute atomic E-state index is 12.1. The van der Waals surface area contributed by atoms with Crippen molar-refractivity contribution in [3.63, 3.8) is 0 Å². The van der Waals surface area contributed by atoms with Gasteiger partial charge in [-0.25, -0.2) is 12.7 Å². The van der Waals surface area contributed by atoms with Crippen LogP contribution in [0.4, 0.5) is 0 Å². The van der Waals surface area contributed by atoms with Crippen LogP contribution in [0.3, 0.4) is 0 Å². The SMILES string of the molecule is CN(C)S(=O)(=O)c1cccc(CSc2nnc(SCC(N)=O)s2)c1. The Labute approximate surface area is 153 Å². The molecule has 0 bridgehead atoms. The number of hydrogen-bond donors (Lipinski definition) is 1. The molecule has 0 saturated carbocycles. The third kappa shape index (κ3) is 5.18. The number of nitrogens with zero attached hydrogens (tertiary/aromatic N) is 3. The van der Waals surface area contributed by atoms with E-state index >= 15 is 0 Å². The van der Waals surface area contributed by atoms with Gasteiger partial charge in [0.15, 0.2) is 8.68 Å². The van der Waals surface area contributed by atoms with Gasteiger partial charge in [-0.15, -0.1) is 10.2 Å². The fraction of sp³-hybridized carbons (Fsp3) is 0.308. The van der Waals surface area contributed by atoms with Gasteiger partial charge in [0.05, 0.1) is 10.6 Å². The van der Waals surface area contributed by atoms with Gasteiger partial charge in [-0.3, -0.25) is 4.79 Å². The second-order valence-electron chi connectivity index (χ2n) is 4.81. The van der Waals surface area contributed by atoms with Crippen molar-refractivity contribution in [1.82, 2.24) is 14.5 Å². The largest absolute Gasteiger partial charge is 0.369 e. The number of rotatable bonds is 8. The zero-order valence-electron chi connectivity index (χ0n) is 13.0. The molecule has 11 heteroatoms. The minimum atomic E-state index is -3.44. The monoisotopic (exact) mass is 404 g/mol. The first-order chi connectivity index (χ1) is 11.3. The molecule has 2 N–H and O–H groups in total. The van der Waals surface area contributed by atoms with Crippen LogP contribution in [0.2, 0.25) is 0 Å². The van der Waals surface area contributed by atoms with Gasteiger partial charge in [-0.1, -0.05) is 47.0 Å². The molecule has 1 amide bonds. The predicted molar refractivity (Wildman–Crippen MR) is 96.7 cm³/mol. The maximum atomic E-state index is 12.1. The van der Waals surface area contributed by atoms with E-state index in [0.717, 1.165) is 9.90 Å². The molecule has 1 heterocycles. The summed E-state index contributed by atoms with van der Waals surface area (Å²) in [6, 6.07) is 6.82. The first-order valence-corrected chi connectivity index (χ1v) is 10.9. The summed E-state index contributed by atoms with van der Waals surface area (Å²) in [6.07, 6.45) is 0. The third-order valence-corrected chi connectivity index (χ3v) is 7.86. The lowest BCUT2D eigenvalue weighted by molar-refractivity contribution is -0.115. The van der Waals surface area contributed by atoms with E-state index in [0.29, 0.717) is 10.1 Å². The zero-order valence-corrected chi connectivity index (χ0v) is 16.3. The molecule has 0 aliphatic rings. The smallest absolute Gasteiger partial charge is 0.242 e. The predicted octanol–water partition coefficient (Wildman–Crippen LogP) is 1.66. The molecule has 2 rings (SSSR count). The van der Waals surface area contributed by atoms with Crippen molar-refractivity contribution in [3.05, 3.63) is 29.8 Å². The number of carbonyl (C=O) groups excluding carboxylic acids is 1. The van der Waals surface area contributed by atoms with Gasteiger partial charge in [0.2, 0.25) is 15.9 Å². The molecule has 2 aromatic rings. The Morgan fingerprint density at radius 2 is 1.92 bits per heavy atom. The number of nitrogens with two attached hydrogens (primary N) is 1. The summed E-state index contributed by atoms with van der Waals surface area (Å²) >= 11 is 4.09. The number of primary amides is 1. The lowest BCUT2D eigenvalue weighted by Gasteiger charge is -2.12. The minimum Gasteiger partial charge on any atom is -0.369 e. The standard InChI is InChI=1S/C13H16N4O3S4/c1-17(2)24(19,20)10-5-3-4-9(6-10)7-21-12-15-16-13(23-12)22-8-11(14)18/h3-6H,7-8H2,1-2H3,(H2,14,18). The summed E-state index contributed by atoms with van der Waals surface area (Å²) in [5.74, 6) is 0.346. The molecule has 1 aromatic carbocycles. The molecule has 1 aromatic heterocycles. The quantitative estimate of drug-likeness (QED) is 0.667. The molecule has 0 aliphatic carbocycles. The number of thioether (sulfide) groups is 2. The van der Waals surface area contributed by atoms with Crippen molar-refractivity contribution >= 4 is 50.8 Å². The fourth-order valence-electron chi connectivity index (χ4n) is 1.60. The van der Waals surface area contributed by atoms with Gasteiger partial charge >= 0.3 is 0 Å². The van der Waals surface area contributed by atoms with Crippen LogP contribution in [0, 0.1) is 0 Å². The van der Waals surface area contributed by atoms with Crippen molar-refractivity contribution < 1.29 is 13.2 Å². The van der Waals surface area contributed by atoms with E-state index in [9.17, 15) is 13.2 Å². The summed E-state index contributed by atoms with van der Waals surface area (Å²) in [7, 11) is -0.436. The molecule has 0 fully saturated rings. The molecule has 0 radical (unpaired) electrons. The van der Waals surface area contributed by atoms with E-state index < -0.39 is 15.9 Å². The highest BCUT2D eigenvalue weighted by Crippen LogP contribution is 2.31. The van der Waals surface area contributed by atoms with Gasteiger partial charge in [0.1, 0.15) is 0 Å². The van der Waals surface area contributed by atoms with Crippen LogP contribution in [-0.2, 0) is 20.6 Å². The second-order valence-corrected chi connectivity index (χ2v) is 10.4. The lowest BCUT2D eigenvalue weighted by atomic mass is 10.2. The Morgan fingerprint density at radius 3 is 2.54 bits per heavy atom. The van der Waals surface area contributed by atoms with Crippen LogP contribution in [0.15, 0.2) is 37.8 Å². The number of carbonyl (C=O) groups is 1. The van der Waals surface area contributed by atoms with Crippen LogP contribution in [0.5, 0.6) is 0 Å². The lowest BCUT2D eigenvalue weighted by Crippen LogP contribution is -2.22. The Bertz CT molecular complexity index is 820. The van der Waals surface area contributed by atoms with Crippen molar-refractivity contribution in [2.45, 2.75) is 19.3 Å². The Hall–Kier alpha value is -1.14. The molecule has 0 aliphatic heterocycles. The number of sulfonamides is 1. The molecule has 7 nitrogen and oxygen atoms in total. The summed E-state index contributed by atoms with van der Waals surface area (Å²) in [5, 5.41) is 8.02. The third-order valence-electron chi connectivity index (χ3n) is 2.77. The van der Waals surface area contributed by atoms with Crippen LogP contribution >= 0.6 is 34.9 Å². The molecule has 0 atom stereocenters. The zero-order chi connectivity index (χ0) is 17.7. The van der Waals surface area contributed by atoms with Crippen molar-refractivity contribution in [3.8, 4) is 0 Å². The molecular formula is C13H16N4O3S4. The second kappa shape index (κ2) is 8.30. The Kier molecular flexibility index (Phi) is 6.63. The highest BCUT2D eigenvalue weighted by molar-refractivity contribution is 8.03.